The van der Waals surface area contributed by atoms with Gasteiger partial charge in [-0.15, -0.1) is 0 Å². The maximum Gasteiger partial charge on any atom is 0.137 e. The van der Waals surface area contributed by atoms with E-state index in [-0.39, 0.29) is 17.6 Å². The molecule has 3 heteroatoms. The van der Waals surface area contributed by atoms with Crippen molar-refractivity contribution in [3.8, 4) is 0 Å². The first-order chi connectivity index (χ1) is 7.49. The minimum atomic E-state index is -0.260. The Morgan fingerprint density at radius 2 is 2.19 bits per heavy atom. The van der Waals surface area contributed by atoms with Gasteiger partial charge in [0.15, 0.2) is 0 Å². The number of aryl methyl sites for hydroxylation is 1. The third kappa shape index (κ3) is 4.11. The van der Waals surface area contributed by atoms with Gasteiger partial charge >= 0.3 is 0 Å². The molecular formula is C13H18FNO. The number of nitrogens with two attached hydrogens (primary N) is 1. The van der Waals surface area contributed by atoms with Gasteiger partial charge in [-0.05, 0) is 43.5 Å². The summed E-state index contributed by atoms with van der Waals surface area (Å²) in [5.41, 5.74) is 7.31. The number of rotatable bonds is 5. The summed E-state index contributed by atoms with van der Waals surface area (Å²) in [5, 5.41) is 0. The van der Waals surface area contributed by atoms with E-state index in [4.69, 9.17) is 5.73 Å². The molecule has 88 valence electrons. The molecule has 0 aliphatic rings. The molecule has 0 saturated heterocycles. The summed E-state index contributed by atoms with van der Waals surface area (Å²) in [6, 6.07) is 4.57. The average molecular weight is 223 g/mol. The number of Topliss-reactive ketones (excluding diaryl/α,β-unsaturated/α-hetero) is 1. The minimum Gasteiger partial charge on any atom is -0.328 e. The van der Waals surface area contributed by atoms with Crippen molar-refractivity contribution in [3.05, 3.63) is 35.1 Å². The van der Waals surface area contributed by atoms with Crippen LogP contribution in [0.5, 0.6) is 0 Å². The van der Waals surface area contributed by atoms with E-state index in [1.54, 1.807) is 6.07 Å². The fourth-order valence-corrected chi connectivity index (χ4v) is 1.55. The van der Waals surface area contributed by atoms with E-state index in [1.807, 2.05) is 13.8 Å². The summed E-state index contributed by atoms with van der Waals surface area (Å²) in [7, 11) is 0. The van der Waals surface area contributed by atoms with Crippen molar-refractivity contribution in [3.63, 3.8) is 0 Å². The average Bonchev–Trinajstić information content (AvgIpc) is 2.19. The van der Waals surface area contributed by atoms with Crippen LogP contribution in [0.3, 0.4) is 0 Å². The van der Waals surface area contributed by atoms with Gasteiger partial charge in [-0.2, -0.15) is 0 Å². The number of hydrogen-bond acceptors (Lipinski definition) is 2. The number of halogens is 1. The Bertz CT molecular complexity index is 374. The van der Waals surface area contributed by atoms with Crippen LogP contribution in [0.25, 0.3) is 0 Å². The standard InChI is InChI=1S/C13H18FNO/c1-9-7-12(14)5-4-11(9)8-13(16)6-3-10(2)15/h4-5,7,10H,3,6,8,15H2,1-2H3. The molecule has 0 heterocycles. The normalized spacial score (nSPS) is 12.5. The van der Waals surface area contributed by atoms with E-state index in [0.29, 0.717) is 19.3 Å². The van der Waals surface area contributed by atoms with Gasteiger partial charge in [-0.25, -0.2) is 4.39 Å². The first kappa shape index (κ1) is 12.8. The zero-order valence-corrected chi connectivity index (χ0v) is 9.79. The summed E-state index contributed by atoms with van der Waals surface area (Å²) < 4.78 is 12.8. The molecule has 0 aliphatic carbocycles. The van der Waals surface area contributed by atoms with Crippen LogP contribution in [0.1, 0.15) is 30.9 Å². The molecular weight excluding hydrogens is 205 g/mol. The third-order valence-electron chi connectivity index (χ3n) is 2.57. The second-order valence-corrected chi connectivity index (χ2v) is 4.30. The lowest BCUT2D eigenvalue weighted by atomic mass is 10.00. The van der Waals surface area contributed by atoms with Crippen LogP contribution in [0.15, 0.2) is 18.2 Å². The predicted octanol–water partition coefficient (Wildman–Crippen LogP) is 2.37. The lowest BCUT2D eigenvalue weighted by molar-refractivity contribution is -0.118. The number of benzene rings is 1. The Morgan fingerprint density at radius 3 is 2.75 bits per heavy atom. The SMILES string of the molecule is Cc1cc(F)ccc1CC(=O)CCC(C)N. The van der Waals surface area contributed by atoms with E-state index < -0.39 is 0 Å². The molecule has 0 bridgehead atoms. The van der Waals surface area contributed by atoms with Crippen molar-refractivity contribution in [1.82, 2.24) is 0 Å². The molecule has 0 spiro atoms. The van der Waals surface area contributed by atoms with Crippen LogP contribution >= 0.6 is 0 Å². The molecule has 1 aromatic rings. The molecule has 16 heavy (non-hydrogen) atoms. The van der Waals surface area contributed by atoms with Crippen LogP contribution in [0, 0.1) is 12.7 Å². The Hall–Kier alpha value is -1.22. The van der Waals surface area contributed by atoms with Crippen LogP contribution in [0.2, 0.25) is 0 Å². The quantitative estimate of drug-likeness (QED) is 0.832. The maximum atomic E-state index is 12.8. The van der Waals surface area contributed by atoms with Gasteiger partial charge < -0.3 is 5.73 Å². The number of carbonyl (C=O) groups excluding carboxylic acids is 1. The molecule has 2 N–H and O–H groups in total. The topological polar surface area (TPSA) is 43.1 Å². The Kier molecular flexibility index (Phi) is 4.62. The number of carbonyl (C=O) groups is 1. The van der Waals surface area contributed by atoms with Crippen LogP contribution in [-0.4, -0.2) is 11.8 Å². The summed E-state index contributed by atoms with van der Waals surface area (Å²) in [6.07, 6.45) is 1.58. The molecule has 0 fully saturated rings. The second-order valence-electron chi connectivity index (χ2n) is 4.30. The molecule has 0 amide bonds. The molecule has 0 saturated carbocycles. The fraction of sp³-hybridized carbons (Fsp3) is 0.462. The van der Waals surface area contributed by atoms with Crippen molar-refractivity contribution < 1.29 is 9.18 Å². The van der Waals surface area contributed by atoms with Crippen molar-refractivity contribution in [1.29, 1.82) is 0 Å². The van der Waals surface area contributed by atoms with Gasteiger partial charge in [0, 0.05) is 18.9 Å². The molecule has 1 atom stereocenters. The van der Waals surface area contributed by atoms with Crippen LogP contribution < -0.4 is 5.73 Å². The lowest BCUT2D eigenvalue weighted by Crippen LogP contribution is -2.17. The van der Waals surface area contributed by atoms with Crippen molar-refractivity contribution >= 4 is 5.78 Å². The monoisotopic (exact) mass is 223 g/mol. The van der Waals surface area contributed by atoms with E-state index in [9.17, 15) is 9.18 Å². The summed E-state index contributed by atoms with van der Waals surface area (Å²) in [5.74, 6) is -0.101. The molecule has 2 nitrogen and oxygen atoms in total. The van der Waals surface area contributed by atoms with Crippen LogP contribution in [0.4, 0.5) is 4.39 Å². The fourth-order valence-electron chi connectivity index (χ4n) is 1.55. The minimum absolute atomic E-state index is 0.0539. The lowest BCUT2D eigenvalue weighted by Gasteiger charge is -2.06. The number of hydrogen-bond donors (Lipinski definition) is 1. The van der Waals surface area contributed by atoms with Gasteiger partial charge in [-0.1, -0.05) is 6.07 Å². The summed E-state index contributed by atoms with van der Waals surface area (Å²) >= 11 is 0. The Balaban J connectivity index is 2.56. The van der Waals surface area contributed by atoms with Crippen molar-refractivity contribution in [2.75, 3.05) is 0 Å². The number of ketones is 1. The highest BCUT2D eigenvalue weighted by atomic mass is 19.1. The third-order valence-corrected chi connectivity index (χ3v) is 2.57. The van der Waals surface area contributed by atoms with Crippen molar-refractivity contribution in [2.24, 2.45) is 5.73 Å². The molecule has 0 aromatic heterocycles. The smallest absolute Gasteiger partial charge is 0.137 e. The van der Waals surface area contributed by atoms with Crippen LogP contribution in [-0.2, 0) is 11.2 Å². The molecule has 1 aromatic carbocycles. The van der Waals surface area contributed by atoms with E-state index in [0.717, 1.165) is 11.1 Å². The summed E-state index contributed by atoms with van der Waals surface area (Å²) in [4.78, 5) is 11.6. The van der Waals surface area contributed by atoms with Gasteiger partial charge in [0.25, 0.3) is 0 Å². The molecule has 0 aliphatic heterocycles. The highest BCUT2D eigenvalue weighted by molar-refractivity contribution is 5.81. The predicted molar refractivity (Wildman–Crippen MR) is 62.7 cm³/mol. The zero-order valence-electron chi connectivity index (χ0n) is 9.79. The van der Waals surface area contributed by atoms with E-state index >= 15 is 0 Å². The maximum absolute atomic E-state index is 12.8. The zero-order chi connectivity index (χ0) is 12.1. The summed E-state index contributed by atoms with van der Waals surface area (Å²) in [6.45, 7) is 3.70. The van der Waals surface area contributed by atoms with Gasteiger partial charge in [0.2, 0.25) is 0 Å². The first-order valence-electron chi connectivity index (χ1n) is 5.51. The highest BCUT2D eigenvalue weighted by Crippen LogP contribution is 2.12. The molecule has 0 radical (unpaired) electrons. The van der Waals surface area contributed by atoms with Gasteiger partial charge in [0.05, 0.1) is 0 Å². The van der Waals surface area contributed by atoms with Crippen molar-refractivity contribution in [2.45, 2.75) is 39.2 Å². The van der Waals surface area contributed by atoms with E-state index in [1.165, 1.54) is 12.1 Å². The largest absolute Gasteiger partial charge is 0.328 e. The second kappa shape index (κ2) is 5.75. The molecule has 1 rings (SSSR count). The highest BCUT2D eigenvalue weighted by Gasteiger charge is 2.07. The van der Waals surface area contributed by atoms with Gasteiger partial charge in [-0.3, -0.25) is 4.79 Å². The first-order valence-corrected chi connectivity index (χ1v) is 5.51. The Labute approximate surface area is 95.7 Å². The molecule has 1 unspecified atom stereocenters. The van der Waals surface area contributed by atoms with E-state index in [2.05, 4.69) is 0 Å². The van der Waals surface area contributed by atoms with Gasteiger partial charge in [0.1, 0.15) is 11.6 Å². The Morgan fingerprint density at radius 1 is 1.50 bits per heavy atom.